The molecule has 33 heavy (non-hydrogen) atoms. The molecule has 2 aromatic carbocycles. The third-order valence-corrected chi connectivity index (χ3v) is 6.72. The van der Waals surface area contributed by atoms with Crippen LogP contribution in [0.15, 0.2) is 53.3 Å². The standard InChI is InChI=1S/C27H36N4OS/c1-5-30(6-2)16-10-15-28-27(33)31(18-22-11-8-7-9-12-22)19-24-17-23-14-13-20(3)21(4)25(23)29-26(24)32/h7-9,11-14,17H,5-6,10,15-16,18-19H2,1-4H3,(H,28,33)(H,29,32). The first-order valence-corrected chi connectivity index (χ1v) is 12.2. The van der Waals surface area contributed by atoms with Gasteiger partial charge >= 0.3 is 0 Å². The van der Waals surface area contributed by atoms with Crippen molar-refractivity contribution in [2.75, 3.05) is 26.2 Å². The lowest BCUT2D eigenvalue weighted by molar-refractivity contribution is 0.299. The van der Waals surface area contributed by atoms with Crippen LogP contribution in [0.5, 0.6) is 0 Å². The van der Waals surface area contributed by atoms with E-state index in [9.17, 15) is 4.79 Å². The lowest BCUT2D eigenvalue weighted by atomic mass is 10.0. The fourth-order valence-corrected chi connectivity index (χ4v) is 4.28. The molecule has 0 spiro atoms. The van der Waals surface area contributed by atoms with Crippen LogP contribution >= 0.6 is 12.2 Å². The van der Waals surface area contributed by atoms with E-state index in [4.69, 9.17) is 12.2 Å². The van der Waals surface area contributed by atoms with Crippen LogP contribution < -0.4 is 10.9 Å². The number of rotatable bonds is 10. The van der Waals surface area contributed by atoms with Crippen molar-refractivity contribution in [3.05, 3.63) is 81.1 Å². The molecule has 0 aliphatic heterocycles. The van der Waals surface area contributed by atoms with Gasteiger partial charge in [0.05, 0.1) is 12.1 Å². The molecule has 1 heterocycles. The molecule has 2 N–H and O–H groups in total. The minimum atomic E-state index is -0.0569. The summed E-state index contributed by atoms with van der Waals surface area (Å²) in [7, 11) is 0. The summed E-state index contributed by atoms with van der Waals surface area (Å²) in [6.07, 6.45) is 1.02. The molecular formula is C27H36N4OS. The molecule has 1 aromatic heterocycles. The van der Waals surface area contributed by atoms with Crippen LogP contribution in [0.2, 0.25) is 0 Å². The Hall–Kier alpha value is -2.70. The summed E-state index contributed by atoms with van der Waals surface area (Å²) in [5.41, 5.74) is 5.02. The normalized spacial score (nSPS) is 11.2. The minimum absolute atomic E-state index is 0.0569. The highest BCUT2D eigenvalue weighted by Crippen LogP contribution is 2.20. The van der Waals surface area contributed by atoms with Gasteiger partial charge in [0, 0.05) is 18.7 Å². The van der Waals surface area contributed by atoms with Crippen molar-refractivity contribution in [2.45, 2.75) is 47.2 Å². The van der Waals surface area contributed by atoms with E-state index in [-0.39, 0.29) is 5.56 Å². The Morgan fingerprint density at radius 3 is 2.45 bits per heavy atom. The number of hydrogen-bond acceptors (Lipinski definition) is 3. The quantitative estimate of drug-likeness (QED) is 0.335. The van der Waals surface area contributed by atoms with Crippen LogP contribution in [0.4, 0.5) is 0 Å². The second kappa shape index (κ2) is 12.0. The molecule has 0 bridgehead atoms. The maximum Gasteiger partial charge on any atom is 0.253 e. The van der Waals surface area contributed by atoms with Crippen LogP contribution in [0, 0.1) is 13.8 Å². The average molecular weight is 465 g/mol. The van der Waals surface area contributed by atoms with Gasteiger partial charge in [-0.2, -0.15) is 0 Å². The average Bonchev–Trinajstić information content (AvgIpc) is 2.82. The summed E-state index contributed by atoms with van der Waals surface area (Å²) in [6.45, 7) is 13.6. The van der Waals surface area contributed by atoms with E-state index in [0.29, 0.717) is 23.8 Å². The topological polar surface area (TPSA) is 51.4 Å². The van der Waals surface area contributed by atoms with Crippen molar-refractivity contribution in [2.24, 2.45) is 0 Å². The molecule has 176 valence electrons. The predicted octanol–water partition coefficient (Wildman–Crippen LogP) is 4.75. The number of hydrogen-bond donors (Lipinski definition) is 2. The first-order valence-electron chi connectivity index (χ1n) is 11.8. The summed E-state index contributed by atoms with van der Waals surface area (Å²) in [4.78, 5) is 20.5. The fourth-order valence-electron chi connectivity index (χ4n) is 4.05. The Morgan fingerprint density at radius 2 is 1.76 bits per heavy atom. The second-order valence-electron chi connectivity index (χ2n) is 8.55. The third-order valence-electron chi connectivity index (χ3n) is 6.31. The number of aromatic nitrogens is 1. The molecule has 0 radical (unpaired) electrons. The van der Waals surface area contributed by atoms with Gasteiger partial charge in [-0.25, -0.2) is 0 Å². The molecule has 0 saturated carbocycles. The Bertz CT molecular complexity index is 1120. The predicted molar refractivity (Wildman–Crippen MR) is 143 cm³/mol. The van der Waals surface area contributed by atoms with Crippen molar-refractivity contribution in [1.82, 2.24) is 20.1 Å². The van der Waals surface area contributed by atoms with E-state index in [0.717, 1.165) is 54.6 Å². The summed E-state index contributed by atoms with van der Waals surface area (Å²) < 4.78 is 0. The van der Waals surface area contributed by atoms with E-state index >= 15 is 0 Å². The Labute approximate surface area is 202 Å². The van der Waals surface area contributed by atoms with Gasteiger partial charge in [0.1, 0.15) is 0 Å². The Balaban J connectivity index is 1.78. The number of benzene rings is 2. The Kier molecular flexibility index (Phi) is 9.03. The largest absolute Gasteiger partial charge is 0.363 e. The van der Waals surface area contributed by atoms with E-state index in [1.807, 2.05) is 31.2 Å². The first kappa shape index (κ1) is 24.9. The van der Waals surface area contributed by atoms with Crippen molar-refractivity contribution in [3.8, 4) is 0 Å². The number of aromatic amines is 1. The molecule has 0 amide bonds. The third kappa shape index (κ3) is 6.65. The van der Waals surface area contributed by atoms with Crippen molar-refractivity contribution in [3.63, 3.8) is 0 Å². The highest BCUT2D eigenvalue weighted by molar-refractivity contribution is 7.80. The summed E-state index contributed by atoms with van der Waals surface area (Å²) in [5, 5.41) is 5.14. The van der Waals surface area contributed by atoms with Crippen molar-refractivity contribution >= 4 is 28.2 Å². The van der Waals surface area contributed by atoms with Gasteiger partial charge in [0.25, 0.3) is 5.56 Å². The van der Waals surface area contributed by atoms with E-state index in [2.05, 4.69) is 65.1 Å². The van der Waals surface area contributed by atoms with Crippen LogP contribution in [0.25, 0.3) is 10.9 Å². The zero-order valence-corrected chi connectivity index (χ0v) is 21.1. The number of H-pyrrole nitrogens is 1. The molecule has 6 heteroatoms. The number of aryl methyl sites for hydroxylation is 2. The number of nitrogens with zero attached hydrogens (tertiary/aromatic N) is 2. The van der Waals surface area contributed by atoms with Gasteiger partial charge in [-0.3, -0.25) is 4.79 Å². The van der Waals surface area contributed by atoms with Gasteiger partial charge in [-0.05, 0) is 80.3 Å². The zero-order chi connectivity index (χ0) is 23.8. The lowest BCUT2D eigenvalue weighted by Crippen LogP contribution is -2.41. The molecule has 3 aromatic rings. The van der Waals surface area contributed by atoms with Gasteiger partial charge in [0.2, 0.25) is 0 Å². The SMILES string of the molecule is CCN(CC)CCCNC(=S)N(Cc1ccccc1)Cc1cc2ccc(C)c(C)c2[nH]c1=O. The number of nitrogens with one attached hydrogen (secondary N) is 2. The molecule has 0 aliphatic rings. The fraction of sp³-hybridized carbons (Fsp3) is 0.407. The molecule has 0 atom stereocenters. The van der Waals surface area contributed by atoms with Crippen LogP contribution in [-0.2, 0) is 13.1 Å². The van der Waals surface area contributed by atoms with Crippen molar-refractivity contribution < 1.29 is 0 Å². The molecule has 3 rings (SSSR count). The lowest BCUT2D eigenvalue weighted by Gasteiger charge is -2.26. The molecule has 0 unspecified atom stereocenters. The number of pyridine rings is 1. The van der Waals surface area contributed by atoms with Crippen LogP contribution in [0.3, 0.4) is 0 Å². The van der Waals surface area contributed by atoms with E-state index < -0.39 is 0 Å². The summed E-state index contributed by atoms with van der Waals surface area (Å²) in [5.74, 6) is 0. The Morgan fingerprint density at radius 1 is 1.03 bits per heavy atom. The first-order chi connectivity index (χ1) is 15.9. The molecular weight excluding hydrogens is 428 g/mol. The zero-order valence-electron chi connectivity index (χ0n) is 20.3. The second-order valence-corrected chi connectivity index (χ2v) is 8.94. The smallest absolute Gasteiger partial charge is 0.253 e. The molecule has 0 saturated heterocycles. The van der Waals surface area contributed by atoms with Gasteiger partial charge in [-0.1, -0.05) is 56.3 Å². The summed E-state index contributed by atoms with van der Waals surface area (Å²) >= 11 is 5.78. The monoisotopic (exact) mass is 464 g/mol. The van der Waals surface area contributed by atoms with E-state index in [1.54, 1.807) is 0 Å². The van der Waals surface area contributed by atoms with Crippen LogP contribution in [0.1, 0.15) is 42.5 Å². The van der Waals surface area contributed by atoms with Crippen molar-refractivity contribution in [1.29, 1.82) is 0 Å². The van der Waals surface area contributed by atoms with Gasteiger partial charge in [0.15, 0.2) is 5.11 Å². The van der Waals surface area contributed by atoms with Gasteiger partial charge in [-0.15, -0.1) is 0 Å². The minimum Gasteiger partial charge on any atom is -0.363 e. The maximum absolute atomic E-state index is 13.0. The number of thiocarbonyl (C=S) groups is 1. The highest BCUT2D eigenvalue weighted by atomic mass is 32.1. The molecule has 0 aliphatic carbocycles. The highest BCUT2D eigenvalue weighted by Gasteiger charge is 2.15. The molecule has 0 fully saturated rings. The molecule has 5 nitrogen and oxygen atoms in total. The van der Waals surface area contributed by atoms with E-state index in [1.165, 1.54) is 5.56 Å². The maximum atomic E-state index is 13.0. The van der Waals surface area contributed by atoms with Gasteiger partial charge < -0.3 is 20.1 Å². The number of fused-ring (bicyclic) bond motifs is 1. The summed E-state index contributed by atoms with van der Waals surface area (Å²) in [6, 6.07) is 16.4. The van der Waals surface area contributed by atoms with Crippen LogP contribution in [-0.4, -0.2) is 46.1 Å².